The topological polar surface area (TPSA) is 9.23 Å². The minimum atomic E-state index is -7.64. The highest BCUT2D eigenvalue weighted by atomic mass is 19.4. The van der Waals surface area contributed by atoms with Crippen LogP contribution in [0.3, 0.4) is 0 Å². The molecule has 1 aliphatic rings. The molecular formula is C7F14O. The zero-order valence-corrected chi connectivity index (χ0v) is 9.20. The molecule has 1 saturated heterocycles. The Balaban J connectivity index is 3.72. The zero-order valence-electron chi connectivity index (χ0n) is 9.20. The fraction of sp³-hybridized carbons (Fsp3) is 1.00. The van der Waals surface area contributed by atoms with Gasteiger partial charge in [-0.3, -0.25) is 4.74 Å². The summed E-state index contributed by atoms with van der Waals surface area (Å²) in [7, 11) is 0. The maximum Gasteiger partial charge on any atom is 0.459 e. The van der Waals surface area contributed by atoms with E-state index in [1.165, 1.54) is 0 Å². The lowest BCUT2D eigenvalue weighted by atomic mass is 9.90. The van der Waals surface area contributed by atoms with Gasteiger partial charge in [-0.1, -0.05) is 0 Å². The fourth-order valence-corrected chi connectivity index (χ4v) is 1.50. The van der Waals surface area contributed by atoms with Gasteiger partial charge in [0.2, 0.25) is 0 Å². The van der Waals surface area contributed by atoms with Gasteiger partial charge in [0.05, 0.1) is 0 Å². The lowest BCUT2D eigenvalue weighted by Gasteiger charge is -2.35. The first-order valence-corrected chi connectivity index (χ1v) is 4.55. The van der Waals surface area contributed by atoms with Crippen molar-refractivity contribution in [3.05, 3.63) is 0 Å². The molecule has 0 spiro atoms. The predicted octanol–water partition coefficient (Wildman–Crippen LogP) is 4.38. The second-order valence-corrected chi connectivity index (χ2v) is 4.02. The SMILES string of the molecule is FC(F)(F)C(F)(F)[C@]1(F)OC(F)(F)[C@](F)(C(F)(F)F)C1(F)F. The van der Waals surface area contributed by atoms with Crippen LogP contribution in [0.5, 0.6) is 0 Å². The summed E-state index contributed by atoms with van der Waals surface area (Å²) in [5, 5.41) is 0. The molecule has 22 heavy (non-hydrogen) atoms. The molecule has 1 rings (SSSR count). The average molecular weight is 366 g/mol. The maximum atomic E-state index is 13.2. The van der Waals surface area contributed by atoms with Gasteiger partial charge in [0.15, 0.2) is 0 Å². The summed E-state index contributed by atoms with van der Waals surface area (Å²) < 4.78 is 176. The molecule has 0 radical (unpaired) electrons. The minimum Gasteiger partial charge on any atom is -0.269 e. The van der Waals surface area contributed by atoms with Crippen molar-refractivity contribution < 1.29 is 66.2 Å². The molecule has 0 unspecified atom stereocenters. The molecule has 0 N–H and O–H groups in total. The van der Waals surface area contributed by atoms with Gasteiger partial charge in [-0.05, 0) is 0 Å². The van der Waals surface area contributed by atoms with Crippen LogP contribution in [0, 0.1) is 0 Å². The highest BCUT2D eigenvalue weighted by Crippen LogP contribution is 2.69. The van der Waals surface area contributed by atoms with Gasteiger partial charge in [0.25, 0.3) is 0 Å². The molecule has 0 saturated carbocycles. The van der Waals surface area contributed by atoms with E-state index >= 15 is 0 Å². The average Bonchev–Trinajstić information content (AvgIpc) is 2.33. The molecule has 132 valence electrons. The Kier molecular flexibility index (Phi) is 3.53. The Labute approximate surface area is 109 Å². The van der Waals surface area contributed by atoms with Crippen molar-refractivity contribution >= 4 is 0 Å². The van der Waals surface area contributed by atoms with E-state index in [2.05, 4.69) is 0 Å². The van der Waals surface area contributed by atoms with Crippen molar-refractivity contribution in [2.75, 3.05) is 0 Å². The Hall–Kier alpha value is -1.02. The number of alkyl halides is 14. The van der Waals surface area contributed by atoms with Crippen molar-refractivity contribution in [2.24, 2.45) is 0 Å². The summed E-state index contributed by atoms with van der Waals surface area (Å²) in [4.78, 5) is 0. The van der Waals surface area contributed by atoms with Crippen molar-refractivity contribution in [1.29, 1.82) is 0 Å². The Morgan fingerprint density at radius 3 is 1.23 bits per heavy atom. The van der Waals surface area contributed by atoms with Crippen LogP contribution in [0.1, 0.15) is 0 Å². The highest BCUT2D eigenvalue weighted by molar-refractivity contribution is 5.21. The number of ether oxygens (including phenoxy) is 1. The van der Waals surface area contributed by atoms with Crippen LogP contribution >= 0.6 is 0 Å². The molecule has 15 heteroatoms. The number of halogens is 14. The van der Waals surface area contributed by atoms with Crippen LogP contribution < -0.4 is 0 Å². The molecule has 0 aromatic heterocycles. The first-order chi connectivity index (χ1) is 9.21. The van der Waals surface area contributed by atoms with Crippen LogP contribution in [-0.4, -0.2) is 41.8 Å². The highest BCUT2D eigenvalue weighted by Gasteiger charge is 3.02. The van der Waals surface area contributed by atoms with E-state index < -0.39 is 41.8 Å². The van der Waals surface area contributed by atoms with Crippen LogP contribution in [0.2, 0.25) is 0 Å². The van der Waals surface area contributed by atoms with Crippen molar-refractivity contribution in [3.63, 3.8) is 0 Å². The van der Waals surface area contributed by atoms with E-state index in [4.69, 9.17) is 0 Å². The molecule has 1 aliphatic heterocycles. The molecule has 0 aromatic rings. The van der Waals surface area contributed by atoms with Crippen LogP contribution in [0.15, 0.2) is 0 Å². The Morgan fingerprint density at radius 1 is 0.636 bits per heavy atom. The van der Waals surface area contributed by atoms with Gasteiger partial charge in [0.1, 0.15) is 0 Å². The molecule has 0 aliphatic carbocycles. The molecule has 0 amide bonds. The molecule has 1 nitrogen and oxygen atoms in total. The fourth-order valence-electron chi connectivity index (χ4n) is 1.50. The third kappa shape index (κ3) is 1.76. The second kappa shape index (κ2) is 4.08. The summed E-state index contributed by atoms with van der Waals surface area (Å²) >= 11 is 0. The third-order valence-corrected chi connectivity index (χ3v) is 2.66. The monoisotopic (exact) mass is 366 g/mol. The molecule has 0 bridgehead atoms. The summed E-state index contributed by atoms with van der Waals surface area (Å²) in [5.41, 5.74) is -7.46. The van der Waals surface area contributed by atoms with Gasteiger partial charge < -0.3 is 0 Å². The molecule has 1 fully saturated rings. The second-order valence-electron chi connectivity index (χ2n) is 4.02. The van der Waals surface area contributed by atoms with Crippen LogP contribution in [-0.2, 0) is 4.74 Å². The summed E-state index contributed by atoms with van der Waals surface area (Å²) in [6, 6.07) is 0. The van der Waals surface area contributed by atoms with Crippen LogP contribution in [0.25, 0.3) is 0 Å². The quantitative estimate of drug-likeness (QED) is 0.626. The largest absolute Gasteiger partial charge is 0.459 e. The molecular weight excluding hydrogens is 366 g/mol. The van der Waals surface area contributed by atoms with Gasteiger partial charge >= 0.3 is 41.8 Å². The Bertz CT molecular complexity index is 461. The van der Waals surface area contributed by atoms with Gasteiger partial charge in [0, 0.05) is 0 Å². The van der Waals surface area contributed by atoms with Gasteiger partial charge in [-0.2, -0.15) is 57.1 Å². The summed E-state index contributed by atoms with van der Waals surface area (Å²) in [6.45, 7) is 0. The summed E-state index contributed by atoms with van der Waals surface area (Å²) in [6.07, 6.45) is -21.9. The van der Waals surface area contributed by atoms with E-state index in [1.807, 2.05) is 0 Å². The van der Waals surface area contributed by atoms with Crippen LogP contribution in [0.4, 0.5) is 61.5 Å². The van der Waals surface area contributed by atoms with E-state index in [0.29, 0.717) is 0 Å². The van der Waals surface area contributed by atoms with Crippen molar-refractivity contribution in [2.45, 2.75) is 41.8 Å². The lowest BCUT2D eigenvalue weighted by molar-refractivity contribution is -0.431. The minimum absolute atomic E-state index is 1.67. The van der Waals surface area contributed by atoms with Gasteiger partial charge in [-0.25, -0.2) is 4.39 Å². The molecule has 1 heterocycles. The first kappa shape index (κ1) is 19.0. The molecule has 0 aromatic carbocycles. The summed E-state index contributed by atoms with van der Waals surface area (Å²) in [5.74, 6) is -22.6. The van der Waals surface area contributed by atoms with E-state index in [0.717, 1.165) is 0 Å². The lowest BCUT2D eigenvalue weighted by Crippen LogP contribution is -2.69. The number of hydrogen-bond donors (Lipinski definition) is 0. The molecule has 2 atom stereocenters. The van der Waals surface area contributed by atoms with Crippen molar-refractivity contribution in [1.82, 2.24) is 0 Å². The van der Waals surface area contributed by atoms with Crippen molar-refractivity contribution in [3.8, 4) is 0 Å². The van der Waals surface area contributed by atoms with E-state index in [9.17, 15) is 61.5 Å². The Morgan fingerprint density at radius 2 is 1.00 bits per heavy atom. The number of hydrogen-bond acceptors (Lipinski definition) is 1. The predicted molar refractivity (Wildman–Crippen MR) is 35.7 cm³/mol. The standard InChI is InChI=1S/C7F14O/c8-1(5(14,15)16)2(9,10)4(13,22-7(1,20)21)3(11,12)6(17,18)19/t1-,4-/m1/s1. The third-order valence-electron chi connectivity index (χ3n) is 2.66. The van der Waals surface area contributed by atoms with E-state index in [1.54, 1.807) is 4.74 Å². The normalized spacial score (nSPS) is 35.7. The van der Waals surface area contributed by atoms with Gasteiger partial charge in [-0.15, -0.1) is 0 Å². The zero-order chi connectivity index (χ0) is 18.2. The first-order valence-electron chi connectivity index (χ1n) is 4.55. The number of rotatable bonds is 1. The smallest absolute Gasteiger partial charge is 0.269 e. The van der Waals surface area contributed by atoms with E-state index in [-0.39, 0.29) is 0 Å². The maximum absolute atomic E-state index is 13.2.